The summed E-state index contributed by atoms with van der Waals surface area (Å²) < 4.78 is 11.1. The Morgan fingerprint density at radius 2 is 1.71 bits per heavy atom. The smallest absolute Gasteiger partial charge is 0.338 e. The van der Waals surface area contributed by atoms with Crippen molar-refractivity contribution in [3.05, 3.63) is 66.2 Å². The molecule has 0 unspecified atom stereocenters. The van der Waals surface area contributed by atoms with Crippen molar-refractivity contribution >= 4 is 17.7 Å². The highest BCUT2D eigenvalue weighted by Crippen LogP contribution is 2.36. The van der Waals surface area contributed by atoms with Crippen molar-refractivity contribution in [2.45, 2.75) is 28.6 Å². The summed E-state index contributed by atoms with van der Waals surface area (Å²) in [5, 5.41) is 19.7. The molecule has 6 heteroatoms. The molecule has 24 heavy (non-hydrogen) atoms. The van der Waals surface area contributed by atoms with Crippen LogP contribution in [0.5, 0.6) is 0 Å². The molecule has 0 amide bonds. The van der Waals surface area contributed by atoms with Crippen LogP contribution in [0.1, 0.15) is 10.4 Å². The van der Waals surface area contributed by atoms with Gasteiger partial charge in [0.15, 0.2) is 6.10 Å². The van der Waals surface area contributed by atoms with Gasteiger partial charge >= 0.3 is 5.97 Å². The van der Waals surface area contributed by atoms with Crippen LogP contribution in [0.15, 0.2) is 65.6 Å². The zero-order chi connectivity index (χ0) is 16.9. The van der Waals surface area contributed by atoms with Gasteiger partial charge < -0.3 is 19.7 Å². The number of esters is 1. The molecule has 1 heterocycles. The molecule has 3 rings (SSSR count). The fraction of sp³-hybridized carbons (Fsp3) is 0.278. The van der Waals surface area contributed by atoms with E-state index in [1.807, 2.05) is 30.3 Å². The maximum absolute atomic E-state index is 12.3. The lowest BCUT2D eigenvalue weighted by atomic mass is 10.1. The lowest BCUT2D eigenvalue weighted by molar-refractivity contribution is -0.0174. The van der Waals surface area contributed by atoms with Crippen LogP contribution >= 0.6 is 11.8 Å². The highest BCUT2D eigenvalue weighted by molar-refractivity contribution is 7.99. The molecule has 0 spiro atoms. The SMILES string of the molecule is O=C(O[C@H]1[C@H](O)[C@@H](CO)O[C@@H]1Sc1ccccc1)c1ccccc1. The Balaban J connectivity index is 1.75. The average molecular weight is 346 g/mol. The summed E-state index contributed by atoms with van der Waals surface area (Å²) in [4.78, 5) is 13.2. The van der Waals surface area contributed by atoms with E-state index >= 15 is 0 Å². The van der Waals surface area contributed by atoms with E-state index in [1.54, 1.807) is 30.3 Å². The van der Waals surface area contributed by atoms with Crippen LogP contribution in [-0.4, -0.2) is 46.5 Å². The molecule has 4 atom stereocenters. The molecule has 2 N–H and O–H groups in total. The monoisotopic (exact) mass is 346 g/mol. The Morgan fingerprint density at radius 3 is 2.33 bits per heavy atom. The predicted molar refractivity (Wildman–Crippen MR) is 89.7 cm³/mol. The summed E-state index contributed by atoms with van der Waals surface area (Å²) in [6.45, 7) is -0.341. The molecule has 5 nitrogen and oxygen atoms in total. The minimum atomic E-state index is -1.08. The summed E-state index contributed by atoms with van der Waals surface area (Å²) in [5.41, 5.74) is -0.187. The summed E-state index contributed by atoms with van der Waals surface area (Å²) in [5.74, 6) is -0.527. The van der Waals surface area contributed by atoms with Crippen LogP contribution in [0.25, 0.3) is 0 Å². The van der Waals surface area contributed by atoms with Crippen LogP contribution in [0.2, 0.25) is 0 Å². The van der Waals surface area contributed by atoms with E-state index in [-0.39, 0.29) is 6.61 Å². The summed E-state index contributed by atoms with van der Waals surface area (Å²) in [6, 6.07) is 18.1. The van der Waals surface area contributed by atoms with Crippen LogP contribution in [0, 0.1) is 0 Å². The third kappa shape index (κ3) is 3.79. The molecule has 0 bridgehead atoms. The third-order valence-electron chi connectivity index (χ3n) is 3.72. The van der Waals surface area contributed by atoms with Gasteiger partial charge in [0.1, 0.15) is 17.6 Å². The van der Waals surface area contributed by atoms with E-state index in [0.717, 1.165) is 4.90 Å². The Labute approximate surface area is 144 Å². The Hall–Kier alpha value is -1.86. The van der Waals surface area contributed by atoms with E-state index in [9.17, 15) is 15.0 Å². The molecule has 1 aliphatic heterocycles. The number of rotatable bonds is 5. The van der Waals surface area contributed by atoms with Crippen LogP contribution in [0.4, 0.5) is 0 Å². The van der Waals surface area contributed by atoms with E-state index in [1.165, 1.54) is 11.8 Å². The van der Waals surface area contributed by atoms with Gasteiger partial charge in [0.05, 0.1) is 12.2 Å². The van der Waals surface area contributed by atoms with Gasteiger partial charge in [-0.2, -0.15) is 0 Å². The van der Waals surface area contributed by atoms with Gasteiger partial charge in [-0.1, -0.05) is 48.2 Å². The minimum Gasteiger partial charge on any atom is -0.452 e. The zero-order valence-corrected chi connectivity index (χ0v) is 13.6. The fourth-order valence-electron chi connectivity index (χ4n) is 2.47. The summed E-state index contributed by atoms with van der Waals surface area (Å²) in [6.07, 6.45) is -2.72. The van der Waals surface area contributed by atoms with Crippen molar-refractivity contribution < 1.29 is 24.5 Å². The number of thioether (sulfide) groups is 1. The Morgan fingerprint density at radius 1 is 1.08 bits per heavy atom. The zero-order valence-electron chi connectivity index (χ0n) is 12.8. The van der Waals surface area contributed by atoms with E-state index in [0.29, 0.717) is 5.56 Å². The maximum atomic E-state index is 12.3. The van der Waals surface area contributed by atoms with Crippen LogP contribution < -0.4 is 0 Å². The first-order valence-electron chi connectivity index (χ1n) is 7.61. The first-order chi connectivity index (χ1) is 11.7. The number of hydrogen-bond acceptors (Lipinski definition) is 6. The minimum absolute atomic E-state index is 0.341. The standard InChI is InChI=1S/C18H18O5S/c19-11-14-15(20)16(23-17(21)12-7-3-1-4-8-12)18(22-14)24-13-9-5-2-6-10-13/h1-10,14-16,18-20H,11H2/t14-,15-,16+,18-/m1/s1. The molecule has 0 saturated carbocycles. The first kappa shape index (κ1) is 17.0. The Kier molecular flexibility index (Phi) is 5.52. The van der Waals surface area contributed by atoms with E-state index < -0.39 is 29.7 Å². The topological polar surface area (TPSA) is 76.0 Å². The normalized spacial score (nSPS) is 26.2. The largest absolute Gasteiger partial charge is 0.452 e. The highest BCUT2D eigenvalue weighted by Gasteiger charge is 2.46. The quantitative estimate of drug-likeness (QED) is 0.808. The number of benzene rings is 2. The van der Waals surface area contributed by atoms with Crippen molar-refractivity contribution in [1.29, 1.82) is 0 Å². The van der Waals surface area contributed by atoms with Crippen LogP contribution in [-0.2, 0) is 9.47 Å². The lowest BCUT2D eigenvalue weighted by Crippen LogP contribution is -2.37. The Bertz CT molecular complexity index is 664. The number of aliphatic hydroxyl groups is 2. The molecule has 0 aromatic heterocycles. The molecular weight excluding hydrogens is 328 g/mol. The number of hydrogen-bond donors (Lipinski definition) is 2. The molecule has 0 radical (unpaired) electrons. The number of aliphatic hydroxyl groups excluding tert-OH is 2. The average Bonchev–Trinajstić information content (AvgIpc) is 2.92. The molecule has 0 aliphatic carbocycles. The van der Waals surface area contributed by atoms with Crippen molar-refractivity contribution in [3.63, 3.8) is 0 Å². The highest BCUT2D eigenvalue weighted by atomic mass is 32.2. The van der Waals surface area contributed by atoms with Gasteiger partial charge in [-0.15, -0.1) is 0 Å². The number of carbonyl (C=O) groups is 1. The van der Waals surface area contributed by atoms with Crippen molar-refractivity contribution in [2.24, 2.45) is 0 Å². The summed E-state index contributed by atoms with van der Waals surface area (Å²) >= 11 is 1.35. The lowest BCUT2D eigenvalue weighted by Gasteiger charge is -2.20. The van der Waals surface area contributed by atoms with E-state index in [2.05, 4.69) is 0 Å². The van der Waals surface area contributed by atoms with Crippen molar-refractivity contribution in [2.75, 3.05) is 6.61 Å². The number of carbonyl (C=O) groups excluding carboxylic acids is 1. The molecule has 2 aromatic carbocycles. The van der Waals surface area contributed by atoms with Crippen LogP contribution in [0.3, 0.4) is 0 Å². The second kappa shape index (κ2) is 7.81. The van der Waals surface area contributed by atoms with Gasteiger partial charge in [-0.3, -0.25) is 0 Å². The van der Waals surface area contributed by atoms with E-state index in [4.69, 9.17) is 9.47 Å². The summed E-state index contributed by atoms with van der Waals surface area (Å²) in [7, 11) is 0. The van der Waals surface area contributed by atoms with Crippen molar-refractivity contribution in [1.82, 2.24) is 0 Å². The van der Waals surface area contributed by atoms with Gasteiger partial charge in [0.25, 0.3) is 0 Å². The predicted octanol–water partition coefficient (Wildman–Crippen LogP) is 2.08. The maximum Gasteiger partial charge on any atom is 0.338 e. The number of ether oxygens (including phenoxy) is 2. The second-order valence-electron chi connectivity index (χ2n) is 5.38. The molecule has 1 saturated heterocycles. The van der Waals surface area contributed by atoms with Gasteiger partial charge in [0, 0.05) is 4.90 Å². The van der Waals surface area contributed by atoms with Gasteiger partial charge in [0.2, 0.25) is 0 Å². The first-order valence-corrected chi connectivity index (χ1v) is 8.49. The molecule has 1 aliphatic rings. The van der Waals surface area contributed by atoms with Gasteiger partial charge in [-0.05, 0) is 24.3 Å². The fourth-order valence-corrected chi connectivity index (χ4v) is 3.60. The molecule has 1 fully saturated rings. The molecule has 126 valence electrons. The molecular formula is C18H18O5S. The molecule has 2 aromatic rings. The van der Waals surface area contributed by atoms with Crippen molar-refractivity contribution in [3.8, 4) is 0 Å². The van der Waals surface area contributed by atoms with Gasteiger partial charge in [-0.25, -0.2) is 4.79 Å². The third-order valence-corrected chi connectivity index (χ3v) is 4.88. The second-order valence-corrected chi connectivity index (χ2v) is 6.55.